The molecule has 0 rings (SSSR count). The number of hydrogen-bond donors (Lipinski definition) is 0. The van der Waals surface area contributed by atoms with E-state index in [9.17, 15) is 9.59 Å². The molecular weight excluding hydrogens is 212 g/mol. The van der Waals surface area contributed by atoms with Crippen LogP contribution in [0.25, 0.3) is 0 Å². The Labute approximate surface area is 93.4 Å². The Morgan fingerprint density at radius 2 is 1.12 bits per heavy atom. The van der Waals surface area contributed by atoms with Gasteiger partial charge in [0.1, 0.15) is 12.1 Å². The van der Waals surface area contributed by atoms with Gasteiger partial charge in [-0.05, 0) is 27.7 Å². The van der Waals surface area contributed by atoms with E-state index in [1.807, 2.05) is 0 Å². The summed E-state index contributed by atoms with van der Waals surface area (Å²) in [5.41, 5.74) is -2.82. The van der Waals surface area contributed by atoms with Gasteiger partial charge < -0.3 is 9.47 Å². The Morgan fingerprint density at radius 1 is 0.875 bits per heavy atom. The maximum atomic E-state index is 11.2. The van der Waals surface area contributed by atoms with Gasteiger partial charge in [0.05, 0.1) is 0 Å². The van der Waals surface area contributed by atoms with Crippen LogP contribution in [0.15, 0.2) is 0 Å². The normalized spacial score (nSPS) is 10.9. The molecule has 6 heteroatoms. The summed E-state index contributed by atoms with van der Waals surface area (Å²) < 4.78 is 9.11. The third-order valence-corrected chi connectivity index (χ3v) is 1.40. The minimum Gasteiger partial charge on any atom is -0.436 e. The Morgan fingerprint density at radius 3 is 1.31 bits per heavy atom. The van der Waals surface area contributed by atoms with Crippen LogP contribution in [0.4, 0.5) is 0 Å². The van der Waals surface area contributed by atoms with Crippen molar-refractivity contribution in [2.24, 2.45) is 0 Å². The molecule has 0 saturated heterocycles. The quantitative estimate of drug-likeness (QED) is 0.505. The molecule has 0 aliphatic carbocycles. The van der Waals surface area contributed by atoms with Crippen molar-refractivity contribution in [2.75, 3.05) is 0 Å². The molecule has 0 aromatic carbocycles. The molecule has 86 valence electrons. The minimum absolute atomic E-state index is 1.30. The van der Waals surface area contributed by atoms with Gasteiger partial charge in [0.2, 0.25) is 0 Å². The molecule has 0 amide bonds. The van der Waals surface area contributed by atoms with Crippen LogP contribution in [-0.2, 0) is 19.1 Å². The fourth-order valence-corrected chi connectivity index (χ4v) is 0.592. The number of esters is 2. The van der Waals surface area contributed by atoms with Gasteiger partial charge in [-0.15, -0.1) is 0 Å². The number of carbonyl (C=O) groups excluding carboxylic acids is 2. The van der Waals surface area contributed by atoms with Gasteiger partial charge in [-0.3, -0.25) is 0 Å². The second-order valence-corrected chi connectivity index (χ2v) is 4.02. The summed E-state index contributed by atoms with van der Waals surface area (Å²) in [7, 11) is 0. The van der Waals surface area contributed by atoms with Gasteiger partial charge in [-0.1, -0.05) is 0 Å². The molecule has 0 saturated carbocycles. The van der Waals surface area contributed by atoms with E-state index >= 15 is 0 Å². The molecule has 0 unspecified atom stereocenters. The highest BCUT2D eigenvalue weighted by Gasteiger charge is 2.32. The Kier molecular flexibility index (Phi) is 4.02. The summed E-state index contributed by atoms with van der Waals surface area (Å²) >= 11 is 0. The predicted octanol–water partition coefficient (Wildman–Crippen LogP) is 0.677. The molecular formula is C10H12N2O4. The number of hydrogen-bond acceptors (Lipinski definition) is 6. The highest BCUT2D eigenvalue weighted by molar-refractivity contribution is 6.30. The van der Waals surface area contributed by atoms with E-state index in [2.05, 4.69) is 9.47 Å². The van der Waals surface area contributed by atoms with Crippen LogP contribution in [0, 0.1) is 22.7 Å². The maximum absolute atomic E-state index is 11.2. The number of carbonyl (C=O) groups is 2. The first-order valence-electron chi connectivity index (χ1n) is 4.42. The van der Waals surface area contributed by atoms with Crippen molar-refractivity contribution in [3.63, 3.8) is 0 Å². The van der Waals surface area contributed by atoms with Crippen molar-refractivity contribution in [2.45, 2.75) is 38.9 Å². The summed E-state index contributed by atoms with van der Waals surface area (Å²) in [6, 6.07) is 3.38. The molecule has 16 heavy (non-hydrogen) atoms. The van der Waals surface area contributed by atoms with Crippen LogP contribution in [0.1, 0.15) is 27.7 Å². The van der Waals surface area contributed by atoms with E-state index in [0.29, 0.717) is 0 Å². The van der Waals surface area contributed by atoms with Crippen molar-refractivity contribution in [1.82, 2.24) is 0 Å². The fourth-order valence-electron chi connectivity index (χ4n) is 0.592. The van der Waals surface area contributed by atoms with Crippen molar-refractivity contribution in [1.29, 1.82) is 10.5 Å². The van der Waals surface area contributed by atoms with Gasteiger partial charge in [-0.25, -0.2) is 9.59 Å². The lowest BCUT2D eigenvalue weighted by atomic mass is 10.2. The summed E-state index contributed by atoms with van der Waals surface area (Å²) in [6.07, 6.45) is 0. The molecule has 0 heterocycles. The molecule has 0 aliphatic heterocycles. The van der Waals surface area contributed by atoms with Gasteiger partial charge in [-0.2, -0.15) is 10.5 Å². The van der Waals surface area contributed by atoms with Gasteiger partial charge in [0.15, 0.2) is 11.2 Å². The van der Waals surface area contributed by atoms with Crippen LogP contribution < -0.4 is 0 Å². The molecule has 0 aromatic heterocycles. The van der Waals surface area contributed by atoms with Crippen LogP contribution in [0.2, 0.25) is 0 Å². The van der Waals surface area contributed by atoms with E-state index in [0.717, 1.165) is 0 Å². The molecule has 0 radical (unpaired) electrons. The molecule has 6 nitrogen and oxygen atoms in total. The van der Waals surface area contributed by atoms with Crippen LogP contribution in [0.5, 0.6) is 0 Å². The highest BCUT2D eigenvalue weighted by atomic mass is 16.6. The second kappa shape index (κ2) is 4.63. The summed E-state index contributed by atoms with van der Waals surface area (Å²) in [5.74, 6) is -2.59. The van der Waals surface area contributed by atoms with Crippen LogP contribution in [0.3, 0.4) is 0 Å². The largest absolute Gasteiger partial charge is 0.436 e. The zero-order valence-electron chi connectivity index (χ0n) is 9.53. The second-order valence-electron chi connectivity index (χ2n) is 4.02. The summed E-state index contributed by atoms with van der Waals surface area (Å²) in [6.45, 7) is 5.31. The zero-order chi connectivity index (χ0) is 13.0. The molecule has 0 N–H and O–H groups in total. The number of nitrogens with zero attached hydrogens (tertiary/aromatic N) is 2. The topological polar surface area (TPSA) is 100 Å². The summed E-state index contributed by atoms with van der Waals surface area (Å²) in [5, 5.41) is 17.1. The lowest BCUT2D eigenvalue weighted by molar-refractivity contribution is -0.177. The SMILES string of the molecule is CC(C)(C#N)OC(=O)C(=O)OC(C)(C)C#N. The highest BCUT2D eigenvalue weighted by Crippen LogP contribution is 2.11. The molecule has 0 fully saturated rings. The lowest BCUT2D eigenvalue weighted by Crippen LogP contribution is -2.35. The van der Waals surface area contributed by atoms with Gasteiger partial charge in [0, 0.05) is 0 Å². The first kappa shape index (κ1) is 13.9. The Balaban J connectivity index is 4.52. The number of ether oxygens (including phenoxy) is 2. The fraction of sp³-hybridized carbons (Fsp3) is 0.600. The van der Waals surface area contributed by atoms with E-state index in [4.69, 9.17) is 10.5 Å². The Bertz CT molecular complexity index is 347. The maximum Gasteiger partial charge on any atom is 0.419 e. The number of rotatable bonds is 2. The van der Waals surface area contributed by atoms with E-state index in [1.165, 1.54) is 27.7 Å². The van der Waals surface area contributed by atoms with Crippen molar-refractivity contribution in [3.8, 4) is 12.1 Å². The third kappa shape index (κ3) is 4.43. The molecule has 0 aromatic rings. The monoisotopic (exact) mass is 224 g/mol. The average Bonchev–Trinajstić information content (AvgIpc) is 2.16. The smallest absolute Gasteiger partial charge is 0.419 e. The number of nitriles is 2. The van der Waals surface area contributed by atoms with Gasteiger partial charge >= 0.3 is 11.9 Å². The van der Waals surface area contributed by atoms with E-state index in [-0.39, 0.29) is 0 Å². The molecule has 0 spiro atoms. The average molecular weight is 224 g/mol. The zero-order valence-corrected chi connectivity index (χ0v) is 9.53. The molecule has 0 aliphatic rings. The van der Waals surface area contributed by atoms with Crippen LogP contribution >= 0.6 is 0 Å². The van der Waals surface area contributed by atoms with Crippen molar-refractivity contribution >= 4 is 11.9 Å². The van der Waals surface area contributed by atoms with Crippen molar-refractivity contribution in [3.05, 3.63) is 0 Å². The molecule has 0 bridgehead atoms. The third-order valence-electron chi connectivity index (χ3n) is 1.40. The minimum atomic E-state index is -1.41. The standard InChI is InChI=1S/C10H12N2O4/c1-9(2,5-11)15-7(13)8(14)16-10(3,4)6-12/h1-4H3. The van der Waals surface area contributed by atoms with Crippen LogP contribution in [-0.4, -0.2) is 23.1 Å². The summed E-state index contributed by atoms with van der Waals surface area (Å²) in [4.78, 5) is 22.3. The van der Waals surface area contributed by atoms with Crippen molar-refractivity contribution < 1.29 is 19.1 Å². The Hall–Kier alpha value is -2.08. The lowest BCUT2D eigenvalue weighted by Gasteiger charge is -2.19. The molecule has 0 atom stereocenters. The first-order chi connectivity index (χ1) is 7.13. The van der Waals surface area contributed by atoms with Gasteiger partial charge in [0.25, 0.3) is 0 Å². The predicted molar refractivity (Wildman–Crippen MR) is 51.6 cm³/mol. The van der Waals surface area contributed by atoms with E-state index in [1.54, 1.807) is 12.1 Å². The van der Waals surface area contributed by atoms with E-state index < -0.39 is 23.1 Å². The first-order valence-corrected chi connectivity index (χ1v) is 4.42.